The van der Waals surface area contributed by atoms with Crippen molar-refractivity contribution in [1.29, 1.82) is 0 Å². The summed E-state index contributed by atoms with van der Waals surface area (Å²) in [6, 6.07) is 5.56. The van der Waals surface area contributed by atoms with E-state index in [0.717, 1.165) is 12.1 Å². The van der Waals surface area contributed by atoms with Crippen molar-refractivity contribution >= 4 is 16.9 Å². The molecule has 0 aliphatic carbocycles. The number of nitrogens with one attached hydrogen (secondary N) is 1. The van der Waals surface area contributed by atoms with Gasteiger partial charge < -0.3 is 10.6 Å². The Morgan fingerprint density at radius 2 is 2.12 bits per heavy atom. The van der Waals surface area contributed by atoms with E-state index in [2.05, 4.69) is 20.2 Å². The van der Waals surface area contributed by atoms with Gasteiger partial charge in [0.25, 0.3) is 0 Å². The maximum absolute atomic E-state index is 13.3. The van der Waals surface area contributed by atoms with Crippen LogP contribution < -0.4 is 10.6 Å². The third-order valence-corrected chi connectivity index (χ3v) is 4.34. The quantitative estimate of drug-likeness (QED) is 0.759. The summed E-state index contributed by atoms with van der Waals surface area (Å²) in [7, 11) is 0. The van der Waals surface area contributed by atoms with Crippen molar-refractivity contribution in [3.63, 3.8) is 0 Å². The summed E-state index contributed by atoms with van der Waals surface area (Å²) >= 11 is 0. The topological polar surface area (TPSA) is 83.7 Å². The molecule has 1 aliphatic heterocycles. The highest BCUT2D eigenvalue weighted by Gasteiger charge is 2.34. The molecule has 1 fully saturated rings. The van der Waals surface area contributed by atoms with Crippen LogP contribution in [0.2, 0.25) is 0 Å². The molecule has 0 spiro atoms. The monoisotopic (exact) mass is 350 g/mol. The number of halogens is 3. The molecule has 1 saturated heterocycles. The molecule has 0 radical (unpaired) electrons. The molecule has 3 N–H and O–H groups in total. The van der Waals surface area contributed by atoms with Gasteiger partial charge in [-0.1, -0.05) is 0 Å². The summed E-state index contributed by atoms with van der Waals surface area (Å²) in [5.74, 6) is 0.582. The van der Waals surface area contributed by atoms with Crippen molar-refractivity contribution in [2.75, 3.05) is 24.5 Å². The Hall–Kier alpha value is -2.68. The van der Waals surface area contributed by atoms with Gasteiger partial charge in [0.15, 0.2) is 5.65 Å². The van der Waals surface area contributed by atoms with Gasteiger partial charge in [-0.15, -0.1) is 0 Å². The van der Waals surface area contributed by atoms with E-state index in [4.69, 9.17) is 5.73 Å². The van der Waals surface area contributed by atoms with Gasteiger partial charge in [0.2, 0.25) is 0 Å². The molecule has 0 atom stereocenters. The summed E-state index contributed by atoms with van der Waals surface area (Å²) in [5.41, 5.74) is 5.90. The molecule has 9 heteroatoms. The number of anilines is 1. The number of nitrogens with zero attached hydrogens (tertiary/aromatic N) is 4. The van der Waals surface area contributed by atoms with E-state index < -0.39 is 11.7 Å². The summed E-state index contributed by atoms with van der Waals surface area (Å²) in [6.07, 6.45) is -2.89. The molecule has 1 aliphatic rings. The van der Waals surface area contributed by atoms with Gasteiger partial charge in [-0.25, -0.2) is 9.97 Å². The molecule has 4 rings (SSSR count). The Morgan fingerprint density at radius 1 is 1.32 bits per heavy atom. The van der Waals surface area contributed by atoms with Crippen LogP contribution in [-0.4, -0.2) is 39.8 Å². The van der Waals surface area contributed by atoms with E-state index in [-0.39, 0.29) is 13.0 Å². The van der Waals surface area contributed by atoms with Crippen molar-refractivity contribution in [3.8, 4) is 11.4 Å². The molecule has 3 aromatic rings. The fourth-order valence-electron chi connectivity index (χ4n) is 2.92. The van der Waals surface area contributed by atoms with Crippen molar-refractivity contribution in [2.24, 2.45) is 11.7 Å². The summed E-state index contributed by atoms with van der Waals surface area (Å²) in [6.45, 7) is 1.73. The van der Waals surface area contributed by atoms with Crippen molar-refractivity contribution < 1.29 is 14.6 Å². The summed E-state index contributed by atoms with van der Waals surface area (Å²) in [5, 5.41) is 7.41. The van der Waals surface area contributed by atoms with Crippen molar-refractivity contribution in [1.82, 2.24) is 20.2 Å². The Labute approximate surface area is 142 Å². The summed E-state index contributed by atoms with van der Waals surface area (Å²) in [4.78, 5) is 10.3. The molecule has 0 unspecified atom stereocenters. The number of nitrogens with two attached hydrogens (primary N) is 1. The first kappa shape index (κ1) is 15.8. The highest BCUT2D eigenvalue weighted by molar-refractivity contribution is 5.89. The minimum absolute atomic E-state index is 0. The minimum Gasteiger partial charge on any atom is -0.356 e. The lowest BCUT2D eigenvalue weighted by Gasteiger charge is -2.39. The van der Waals surface area contributed by atoms with E-state index in [9.17, 15) is 13.2 Å². The largest absolute Gasteiger partial charge is 0.416 e. The van der Waals surface area contributed by atoms with Crippen LogP contribution in [0.5, 0.6) is 0 Å². The van der Waals surface area contributed by atoms with Gasteiger partial charge in [-0.05, 0) is 30.8 Å². The number of alkyl halides is 3. The van der Waals surface area contributed by atoms with E-state index in [1.807, 2.05) is 0 Å². The second-order valence-electron chi connectivity index (χ2n) is 6.08. The number of hydrogen-bond donors (Lipinski definition) is 2. The molecular formula is C16H17F3N6. The molecular weight excluding hydrogens is 333 g/mol. The number of fused-ring (bicyclic) bond motifs is 1. The van der Waals surface area contributed by atoms with Crippen LogP contribution in [0.4, 0.5) is 19.0 Å². The average Bonchev–Trinajstić information content (AvgIpc) is 2.97. The molecule has 25 heavy (non-hydrogen) atoms. The van der Waals surface area contributed by atoms with Crippen LogP contribution in [0.1, 0.15) is 6.99 Å². The van der Waals surface area contributed by atoms with Crippen LogP contribution in [0.15, 0.2) is 30.5 Å². The standard InChI is InChI=1S/C16H15F3N6.H2/c17-16(18,19)10-4-12(14-11-2-1-3-21-15(11)24-23-14)22-13(5-10)25-7-9(6-20)8-25;/h1-5,9H,6-8,20H2,(H,21,23,24);1H. The summed E-state index contributed by atoms with van der Waals surface area (Å²) < 4.78 is 40.0. The Bertz CT molecular complexity index is 920. The van der Waals surface area contributed by atoms with Gasteiger partial charge in [0.05, 0.1) is 17.0 Å². The predicted octanol–water partition coefficient (Wildman–Crippen LogP) is 2.68. The van der Waals surface area contributed by atoms with E-state index >= 15 is 0 Å². The lowest BCUT2D eigenvalue weighted by atomic mass is 10.00. The third-order valence-electron chi connectivity index (χ3n) is 4.34. The van der Waals surface area contributed by atoms with Gasteiger partial charge in [0.1, 0.15) is 5.82 Å². The van der Waals surface area contributed by atoms with Gasteiger partial charge >= 0.3 is 6.18 Å². The van der Waals surface area contributed by atoms with E-state index in [0.29, 0.717) is 42.2 Å². The zero-order chi connectivity index (χ0) is 17.6. The number of H-pyrrole nitrogens is 1. The lowest BCUT2D eigenvalue weighted by molar-refractivity contribution is -0.137. The highest BCUT2D eigenvalue weighted by Crippen LogP contribution is 2.36. The number of aromatic nitrogens is 4. The zero-order valence-electron chi connectivity index (χ0n) is 13.1. The molecule has 4 heterocycles. The first-order valence-electron chi connectivity index (χ1n) is 7.79. The predicted molar refractivity (Wildman–Crippen MR) is 89.0 cm³/mol. The molecule has 3 aromatic heterocycles. The zero-order valence-corrected chi connectivity index (χ0v) is 13.1. The normalized spacial score (nSPS) is 15.6. The fourth-order valence-corrected chi connectivity index (χ4v) is 2.92. The maximum atomic E-state index is 13.3. The molecule has 0 amide bonds. The molecule has 0 aromatic carbocycles. The van der Waals surface area contributed by atoms with Gasteiger partial charge in [0, 0.05) is 32.0 Å². The minimum atomic E-state index is -4.46. The molecule has 6 nitrogen and oxygen atoms in total. The third kappa shape index (κ3) is 2.80. The van der Waals surface area contributed by atoms with Crippen LogP contribution in [-0.2, 0) is 6.18 Å². The van der Waals surface area contributed by atoms with Gasteiger partial charge in [-0.2, -0.15) is 18.3 Å². The number of aromatic amines is 1. The Kier molecular flexibility index (Phi) is 3.60. The number of pyridine rings is 2. The SMILES string of the molecule is NCC1CN(c2cc(C(F)(F)F)cc(-c3[nH]nc4ncccc34)n2)C1.[HH]. The molecule has 132 valence electrons. The second-order valence-corrected chi connectivity index (χ2v) is 6.08. The van der Waals surface area contributed by atoms with E-state index in [1.54, 1.807) is 23.2 Å². The average molecular weight is 350 g/mol. The van der Waals surface area contributed by atoms with Crippen molar-refractivity contribution in [2.45, 2.75) is 6.18 Å². The van der Waals surface area contributed by atoms with Gasteiger partial charge in [-0.3, -0.25) is 5.10 Å². The lowest BCUT2D eigenvalue weighted by Crippen LogP contribution is -2.50. The molecule has 0 bridgehead atoms. The maximum Gasteiger partial charge on any atom is 0.416 e. The van der Waals surface area contributed by atoms with E-state index in [1.165, 1.54) is 0 Å². The number of rotatable bonds is 3. The van der Waals surface area contributed by atoms with Crippen molar-refractivity contribution in [3.05, 3.63) is 36.0 Å². The molecule has 0 saturated carbocycles. The Morgan fingerprint density at radius 3 is 2.84 bits per heavy atom. The fraction of sp³-hybridized carbons (Fsp3) is 0.312. The van der Waals surface area contributed by atoms with Crippen LogP contribution >= 0.6 is 0 Å². The second kappa shape index (κ2) is 5.69. The Balaban J connectivity index is 0.00000196. The first-order chi connectivity index (χ1) is 12.0. The van der Waals surface area contributed by atoms with Crippen LogP contribution in [0, 0.1) is 5.92 Å². The highest BCUT2D eigenvalue weighted by atomic mass is 19.4. The number of hydrogen-bond acceptors (Lipinski definition) is 5. The van der Waals surface area contributed by atoms with Crippen LogP contribution in [0.25, 0.3) is 22.4 Å². The van der Waals surface area contributed by atoms with Crippen LogP contribution in [0.3, 0.4) is 0 Å². The smallest absolute Gasteiger partial charge is 0.356 e. The first-order valence-corrected chi connectivity index (χ1v) is 7.79.